The Morgan fingerprint density at radius 1 is 1.07 bits per heavy atom. The molecule has 4 aliphatic carbocycles. The van der Waals surface area contributed by atoms with Crippen LogP contribution < -0.4 is 0 Å². The van der Waals surface area contributed by atoms with E-state index in [1.54, 1.807) is 0 Å². The fourth-order valence-corrected chi connectivity index (χ4v) is 8.79. The molecule has 3 N–H and O–H groups in total. The molecule has 30 heavy (non-hydrogen) atoms. The van der Waals surface area contributed by atoms with Crippen LogP contribution in [0.25, 0.3) is 0 Å². The molecule has 0 aliphatic heterocycles. The van der Waals surface area contributed by atoms with Crippen molar-refractivity contribution in [3.63, 3.8) is 0 Å². The maximum absolute atomic E-state index is 15.7. The highest BCUT2D eigenvalue weighted by atomic mass is 19.3. The number of alkyl halides is 2. The molecule has 0 aromatic rings. The van der Waals surface area contributed by atoms with E-state index in [1.807, 2.05) is 6.92 Å². The van der Waals surface area contributed by atoms with Crippen LogP contribution in [0.1, 0.15) is 72.1 Å². The van der Waals surface area contributed by atoms with Crippen LogP contribution in [0.5, 0.6) is 0 Å². The molecular weight excluding hydrogens is 390 g/mol. The smallest absolute Gasteiger partial charge is 0.309 e. The number of aliphatic hydroxyl groups is 2. The highest BCUT2D eigenvalue weighted by Crippen LogP contribution is 2.71. The zero-order valence-electron chi connectivity index (χ0n) is 18.5. The number of hydrogen-bond acceptors (Lipinski definition) is 3. The van der Waals surface area contributed by atoms with Gasteiger partial charge in [-0.25, -0.2) is 8.78 Å². The summed E-state index contributed by atoms with van der Waals surface area (Å²) in [5.41, 5.74) is -0.435. The maximum atomic E-state index is 15.7. The minimum atomic E-state index is -2.74. The molecule has 10 atom stereocenters. The minimum Gasteiger partial charge on any atom is -0.481 e. The van der Waals surface area contributed by atoms with Crippen molar-refractivity contribution in [1.29, 1.82) is 0 Å². The summed E-state index contributed by atoms with van der Waals surface area (Å²) >= 11 is 0. The Balaban J connectivity index is 1.65. The zero-order valence-corrected chi connectivity index (χ0v) is 18.5. The highest BCUT2D eigenvalue weighted by Gasteiger charge is 2.68. The Kier molecular flexibility index (Phi) is 5.53. The lowest BCUT2D eigenvalue weighted by Gasteiger charge is -2.63. The third-order valence-corrected chi connectivity index (χ3v) is 10.5. The van der Waals surface area contributed by atoms with E-state index in [0.717, 1.165) is 32.1 Å². The molecule has 172 valence electrons. The number of halogens is 2. The largest absolute Gasteiger partial charge is 0.481 e. The van der Waals surface area contributed by atoms with Gasteiger partial charge in [0.15, 0.2) is 0 Å². The van der Waals surface area contributed by atoms with Crippen molar-refractivity contribution in [3.05, 3.63) is 0 Å². The molecule has 4 saturated carbocycles. The van der Waals surface area contributed by atoms with Crippen LogP contribution in [0, 0.1) is 52.3 Å². The molecule has 0 aromatic carbocycles. The van der Waals surface area contributed by atoms with Gasteiger partial charge >= 0.3 is 5.97 Å². The predicted molar refractivity (Wildman–Crippen MR) is 109 cm³/mol. The van der Waals surface area contributed by atoms with Crippen LogP contribution in [-0.2, 0) is 4.79 Å². The summed E-state index contributed by atoms with van der Waals surface area (Å²) in [4.78, 5) is 11.6. The first-order valence-electron chi connectivity index (χ1n) is 11.8. The second-order valence-electron chi connectivity index (χ2n) is 11.5. The zero-order chi connectivity index (χ0) is 22.1. The van der Waals surface area contributed by atoms with E-state index in [1.165, 1.54) is 0 Å². The van der Waals surface area contributed by atoms with Gasteiger partial charge in [-0.3, -0.25) is 4.79 Å². The third kappa shape index (κ3) is 3.15. The van der Waals surface area contributed by atoms with E-state index in [0.29, 0.717) is 12.8 Å². The highest BCUT2D eigenvalue weighted by molar-refractivity contribution is 5.70. The van der Waals surface area contributed by atoms with E-state index in [4.69, 9.17) is 0 Å². The standard InChI is InChI=1S/C24H38F2O4/c1-13(16(12-27)21(29)30)17-4-5-18-20-19(7-9-23(17,18)3)22(2)8-6-15(28)10-14(22)11-24(20,25)26/h13-20,27-28H,4-12H2,1-3H3,(H,29,30)/t13-,14+,15-,16?,17-,18?,19?,20?,22+,23-/m1/s1. The molecule has 4 aliphatic rings. The normalized spacial score (nSPS) is 49.4. The molecule has 4 unspecified atom stereocenters. The molecule has 4 rings (SSSR count). The number of aliphatic carboxylic acids is 1. The van der Waals surface area contributed by atoms with E-state index >= 15 is 8.78 Å². The van der Waals surface area contributed by atoms with Crippen LogP contribution in [0.2, 0.25) is 0 Å². The Labute approximate surface area is 178 Å². The number of carboxylic acids is 1. The SMILES string of the molecule is C[C@H](C(CO)C(=O)O)[C@H]1CCC2C3C(CC[C@@]21C)[C@@]1(C)CC[C@@H](O)C[C@H]1CC3(F)F. The Morgan fingerprint density at radius 3 is 2.33 bits per heavy atom. The lowest BCUT2D eigenvalue weighted by atomic mass is 9.43. The number of fused-ring (bicyclic) bond motifs is 5. The van der Waals surface area contributed by atoms with Crippen LogP contribution >= 0.6 is 0 Å². The Bertz CT molecular complexity index is 684. The average Bonchev–Trinajstić information content (AvgIpc) is 3.00. The summed E-state index contributed by atoms with van der Waals surface area (Å²) in [6.07, 6.45) is 4.56. The van der Waals surface area contributed by atoms with Crippen molar-refractivity contribution < 1.29 is 28.9 Å². The van der Waals surface area contributed by atoms with Crippen molar-refractivity contribution in [2.24, 2.45) is 52.3 Å². The minimum absolute atomic E-state index is 0.0287. The van der Waals surface area contributed by atoms with Crippen LogP contribution in [-0.4, -0.2) is 39.9 Å². The monoisotopic (exact) mass is 428 g/mol. The molecule has 0 spiro atoms. The number of carboxylic acid groups (broad SMARTS) is 1. The molecule has 6 heteroatoms. The topological polar surface area (TPSA) is 77.8 Å². The summed E-state index contributed by atoms with van der Waals surface area (Å²) < 4.78 is 31.4. The second-order valence-corrected chi connectivity index (χ2v) is 11.5. The summed E-state index contributed by atoms with van der Waals surface area (Å²) in [5, 5.41) is 29.3. The summed E-state index contributed by atoms with van der Waals surface area (Å²) in [6.45, 7) is 5.80. The number of hydrogen-bond donors (Lipinski definition) is 3. The lowest BCUT2D eigenvalue weighted by Crippen LogP contribution is -2.61. The van der Waals surface area contributed by atoms with Crippen molar-refractivity contribution in [2.45, 2.75) is 84.2 Å². The van der Waals surface area contributed by atoms with Crippen LogP contribution in [0.3, 0.4) is 0 Å². The van der Waals surface area contributed by atoms with Crippen LogP contribution in [0.15, 0.2) is 0 Å². The Morgan fingerprint density at radius 2 is 1.70 bits per heavy atom. The van der Waals surface area contributed by atoms with Gasteiger partial charge in [-0.05, 0) is 85.4 Å². The van der Waals surface area contributed by atoms with Gasteiger partial charge in [0.05, 0.1) is 18.6 Å². The van der Waals surface area contributed by atoms with Crippen LogP contribution in [0.4, 0.5) is 8.78 Å². The molecular formula is C24H38F2O4. The van der Waals surface area contributed by atoms with Gasteiger partial charge in [0, 0.05) is 12.3 Å². The van der Waals surface area contributed by atoms with Gasteiger partial charge in [0.1, 0.15) is 0 Å². The van der Waals surface area contributed by atoms with Crippen molar-refractivity contribution >= 4 is 5.97 Å². The molecule has 4 fully saturated rings. The van der Waals surface area contributed by atoms with Gasteiger partial charge < -0.3 is 15.3 Å². The van der Waals surface area contributed by atoms with Gasteiger partial charge in [-0.15, -0.1) is 0 Å². The third-order valence-electron chi connectivity index (χ3n) is 10.5. The van der Waals surface area contributed by atoms with Gasteiger partial charge in [0.25, 0.3) is 5.92 Å². The van der Waals surface area contributed by atoms with E-state index in [-0.39, 0.29) is 46.8 Å². The number of rotatable bonds is 4. The number of aliphatic hydroxyl groups excluding tert-OH is 2. The summed E-state index contributed by atoms with van der Waals surface area (Å²) in [7, 11) is 0. The average molecular weight is 429 g/mol. The molecule has 0 saturated heterocycles. The van der Waals surface area contributed by atoms with Gasteiger partial charge in [-0.1, -0.05) is 20.8 Å². The quantitative estimate of drug-likeness (QED) is 0.612. The van der Waals surface area contributed by atoms with E-state index in [9.17, 15) is 20.1 Å². The van der Waals surface area contributed by atoms with Crippen molar-refractivity contribution in [1.82, 2.24) is 0 Å². The van der Waals surface area contributed by atoms with E-state index in [2.05, 4.69) is 13.8 Å². The Hall–Kier alpha value is -0.750. The first kappa shape index (κ1) is 22.4. The summed E-state index contributed by atoms with van der Waals surface area (Å²) in [5.74, 6) is -5.65. The fraction of sp³-hybridized carbons (Fsp3) is 0.958. The summed E-state index contributed by atoms with van der Waals surface area (Å²) in [6, 6.07) is 0. The molecule has 4 nitrogen and oxygen atoms in total. The van der Waals surface area contributed by atoms with Crippen molar-refractivity contribution in [2.75, 3.05) is 6.61 Å². The van der Waals surface area contributed by atoms with Gasteiger partial charge in [0.2, 0.25) is 0 Å². The fourth-order valence-electron chi connectivity index (χ4n) is 8.79. The molecule has 0 aromatic heterocycles. The molecule has 0 heterocycles. The molecule has 0 bridgehead atoms. The van der Waals surface area contributed by atoms with E-state index < -0.39 is 36.4 Å². The molecule has 0 amide bonds. The van der Waals surface area contributed by atoms with Gasteiger partial charge in [-0.2, -0.15) is 0 Å². The maximum Gasteiger partial charge on any atom is 0.309 e. The van der Waals surface area contributed by atoms with Crippen molar-refractivity contribution in [3.8, 4) is 0 Å². The first-order valence-corrected chi connectivity index (χ1v) is 11.8. The number of carbonyl (C=O) groups is 1. The molecule has 0 radical (unpaired) electrons. The first-order chi connectivity index (χ1) is 14.0. The second kappa shape index (κ2) is 7.40. The lowest BCUT2D eigenvalue weighted by molar-refractivity contribution is -0.238. The predicted octanol–water partition coefficient (Wildman–Crippen LogP) is 4.58.